The number of rotatable bonds is 6. The molecule has 0 saturated carbocycles. The van der Waals surface area contributed by atoms with Gasteiger partial charge in [0, 0.05) is 19.6 Å². The maximum atomic E-state index is 10.9. The van der Waals surface area contributed by atoms with Gasteiger partial charge in [0.25, 0.3) is 5.71 Å². The lowest BCUT2D eigenvalue weighted by Crippen LogP contribution is -2.17. The first-order valence-corrected chi connectivity index (χ1v) is 4.13. The molecular formula is C8H12N2O4. The van der Waals surface area contributed by atoms with Gasteiger partial charge in [0.1, 0.15) is 6.07 Å². The fourth-order valence-corrected chi connectivity index (χ4v) is 0.647. The molecule has 0 saturated heterocycles. The fourth-order valence-electron chi connectivity index (χ4n) is 0.647. The summed E-state index contributed by atoms with van der Waals surface area (Å²) in [7, 11) is 0. The summed E-state index contributed by atoms with van der Waals surface area (Å²) in [5.41, 5.74) is -0.651. The van der Waals surface area contributed by atoms with Gasteiger partial charge in [0.05, 0.1) is 6.61 Å². The minimum Gasteiger partial charge on any atom is -0.460 e. The molecule has 6 heteroatoms. The molecule has 0 aliphatic carbocycles. The summed E-state index contributed by atoms with van der Waals surface area (Å²) < 4.78 is 9.59. The van der Waals surface area contributed by atoms with E-state index in [1.54, 1.807) is 0 Å². The highest BCUT2D eigenvalue weighted by atomic mass is 16.5. The average molecular weight is 200 g/mol. The first kappa shape index (κ1) is 12.4. The van der Waals surface area contributed by atoms with E-state index in [4.69, 9.17) is 15.2 Å². The van der Waals surface area contributed by atoms with Crippen molar-refractivity contribution in [2.24, 2.45) is 5.16 Å². The van der Waals surface area contributed by atoms with Crippen molar-refractivity contribution in [1.82, 2.24) is 0 Å². The van der Waals surface area contributed by atoms with Gasteiger partial charge in [-0.25, -0.2) is 4.79 Å². The molecule has 0 spiro atoms. The van der Waals surface area contributed by atoms with Crippen molar-refractivity contribution in [2.75, 3.05) is 19.8 Å². The Morgan fingerprint density at radius 1 is 1.57 bits per heavy atom. The Kier molecular flexibility index (Phi) is 7.09. The molecule has 0 atom stereocenters. The molecule has 0 aromatic carbocycles. The summed E-state index contributed by atoms with van der Waals surface area (Å²) >= 11 is 0. The van der Waals surface area contributed by atoms with Crippen LogP contribution in [0.5, 0.6) is 0 Å². The molecular weight excluding hydrogens is 188 g/mol. The molecule has 0 fully saturated rings. The lowest BCUT2D eigenvalue weighted by atomic mass is 10.4. The molecule has 0 amide bonds. The maximum Gasteiger partial charge on any atom is 0.371 e. The van der Waals surface area contributed by atoms with Crippen molar-refractivity contribution in [3.63, 3.8) is 0 Å². The van der Waals surface area contributed by atoms with E-state index in [0.717, 1.165) is 0 Å². The standard InChI is InChI=1S/C8H12N2O4/c1-2-13-4-3-5-14-8(11)7(6-9)10-12/h12H,2-5H2,1H3. The number of carbonyl (C=O) groups is 1. The molecule has 0 aliphatic heterocycles. The highest BCUT2D eigenvalue weighted by Gasteiger charge is 2.12. The smallest absolute Gasteiger partial charge is 0.371 e. The molecule has 14 heavy (non-hydrogen) atoms. The van der Waals surface area contributed by atoms with Gasteiger partial charge >= 0.3 is 5.97 Å². The van der Waals surface area contributed by atoms with Crippen LogP contribution in [0.2, 0.25) is 0 Å². The second kappa shape index (κ2) is 8.01. The van der Waals surface area contributed by atoms with E-state index in [2.05, 4.69) is 9.89 Å². The molecule has 0 heterocycles. The van der Waals surface area contributed by atoms with Crippen LogP contribution in [-0.4, -0.2) is 36.7 Å². The number of ether oxygens (including phenoxy) is 2. The van der Waals surface area contributed by atoms with Crippen LogP contribution in [0.3, 0.4) is 0 Å². The zero-order valence-electron chi connectivity index (χ0n) is 7.89. The Morgan fingerprint density at radius 3 is 2.79 bits per heavy atom. The largest absolute Gasteiger partial charge is 0.460 e. The third kappa shape index (κ3) is 5.11. The zero-order valence-corrected chi connectivity index (χ0v) is 7.89. The Labute approximate surface area is 81.7 Å². The normalized spacial score (nSPS) is 10.7. The number of nitrogens with zero attached hydrogens (tertiary/aromatic N) is 2. The third-order valence-electron chi connectivity index (χ3n) is 1.27. The molecule has 0 aromatic heterocycles. The molecule has 1 N–H and O–H groups in total. The van der Waals surface area contributed by atoms with Crippen LogP contribution >= 0.6 is 0 Å². The zero-order chi connectivity index (χ0) is 10.8. The Balaban J connectivity index is 3.60. The van der Waals surface area contributed by atoms with Gasteiger partial charge < -0.3 is 14.7 Å². The lowest BCUT2D eigenvalue weighted by molar-refractivity contribution is -0.135. The summed E-state index contributed by atoms with van der Waals surface area (Å²) in [6.07, 6.45) is 0.545. The number of hydrogen-bond acceptors (Lipinski definition) is 6. The molecule has 78 valence electrons. The van der Waals surface area contributed by atoms with Crippen LogP contribution in [0.25, 0.3) is 0 Å². The monoisotopic (exact) mass is 200 g/mol. The molecule has 0 aliphatic rings. The van der Waals surface area contributed by atoms with E-state index in [-0.39, 0.29) is 6.61 Å². The highest BCUT2D eigenvalue weighted by molar-refractivity contribution is 6.42. The average Bonchev–Trinajstić information content (AvgIpc) is 2.19. The van der Waals surface area contributed by atoms with Crippen LogP contribution in [0, 0.1) is 11.3 Å². The number of oxime groups is 1. The summed E-state index contributed by atoms with van der Waals surface area (Å²) in [5, 5.41) is 18.9. The van der Waals surface area contributed by atoms with E-state index < -0.39 is 11.7 Å². The van der Waals surface area contributed by atoms with Gasteiger partial charge in [-0.2, -0.15) is 5.26 Å². The van der Waals surface area contributed by atoms with Crippen molar-refractivity contribution in [3.05, 3.63) is 0 Å². The summed E-state index contributed by atoms with van der Waals surface area (Å²) in [6, 6.07) is 1.40. The van der Waals surface area contributed by atoms with Gasteiger partial charge in [-0.1, -0.05) is 5.16 Å². The minimum absolute atomic E-state index is 0.138. The molecule has 0 radical (unpaired) electrons. The predicted molar refractivity (Wildman–Crippen MR) is 46.9 cm³/mol. The van der Waals surface area contributed by atoms with Gasteiger partial charge in [0.2, 0.25) is 0 Å². The first-order chi connectivity index (χ1) is 6.76. The third-order valence-corrected chi connectivity index (χ3v) is 1.27. The predicted octanol–water partition coefficient (Wildman–Crippen LogP) is 0.310. The molecule has 6 nitrogen and oxygen atoms in total. The van der Waals surface area contributed by atoms with E-state index >= 15 is 0 Å². The van der Waals surface area contributed by atoms with Crippen molar-refractivity contribution >= 4 is 11.7 Å². The first-order valence-electron chi connectivity index (χ1n) is 4.13. The van der Waals surface area contributed by atoms with Crippen molar-refractivity contribution in [3.8, 4) is 6.07 Å². The molecule has 0 unspecified atom stereocenters. The van der Waals surface area contributed by atoms with E-state index in [9.17, 15) is 4.79 Å². The van der Waals surface area contributed by atoms with Crippen molar-refractivity contribution < 1.29 is 19.5 Å². The molecule has 0 aromatic rings. The lowest BCUT2D eigenvalue weighted by Gasteiger charge is -2.02. The van der Waals surface area contributed by atoms with E-state index in [0.29, 0.717) is 19.6 Å². The number of nitriles is 1. The Hall–Kier alpha value is -1.61. The molecule has 0 rings (SSSR count). The number of carbonyl (C=O) groups excluding carboxylic acids is 1. The van der Waals surface area contributed by atoms with Gasteiger partial charge in [0.15, 0.2) is 0 Å². The quantitative estimate of drug-likeness (QED) is 0.219. The van der Waals surface area contributed by atoms with Crippen LogP contribution in [0.1, 0.15) is 13.3 Å². The maximum absolute atomic E-state index is 10.9. The number of hydrogen-bond donors (Lipinski definition) is 1. The van der Waals surface area contributed by atoms with E-state index in [1.807, 2.05) is 6.92 Å². The van der Waals surface area contributed by atoms with Crippen molar-refractivity contribution in [1.29, 1.82) is 5.26 Å². The van der Waals surface area contributed by atoms with E-state index in [1.165, 1.54) is 6.07 Å². The van der Waals surface area contributed by atoms with Gasteiger partial charge in [-0.3, -0.25) is 0 Å². The fraction of sp³-hybridized carbons (Fsp3) is 0.625. The second-order valence-corrected chi connectivity index (χ2v) is 2.25. The second-order valence-electron chi connectivity index (χ2n) is 2.25. The Bertz CT molecular complexity index is 244. The summed E-state index contributed by atoms with van der Waals surface area (Å²) in [4.78, 5) is 10.9. The highest BCUT2D eigenvalue weighted by Crippen LogP contribution is 1.88. The molecule has 0 bridgehead atoms. The van der Waals surface area contributed by atoms with Crippen LogP contribution in [0.4, 0.5) is 0 Å². The topological polar surface area (TPSA) is 91.9 Å². The SMILES string of the molecule is CCOCCCOC(=O)C(C#N)=NO. The number of esters is 1. The summed E-state index contributed by atoms with van der Waals surface area (Å²) in [5.74, 6) is -0.925. The van der Waals surface area contributed by atoms with Crippen LogP contribution < -0.4 is 0 Å². The summed E-state index contributed by atoms with van der Waals surface area (Å²) in [6.45, 7) is 3.09. The Morgan fingerprint density at radius 2 is 2.29 bits per heavy atom. The van der Waals surface area contributed by atoms with Crippen molar-refractivity contribution in [2.45, 2.75) is 13.3 Å². The van der Waals surface area contributed by atoms with Gasteiger partial charge in [-0.05, 0) is 6.92 Å². The minimum atomic E-state index is -0.925. The van der Waals surface area contributed by atoms with Crippen LogP contribution in [0.15, 0.2) is 5.16 Å². The van der Waals surface area contributed by atoms with Gasteiger partial charge in [-0.15, -0.1) is 0 Å². The van der Waals surface area contributed by atoms with Crippen LogP contribution in [-0.2, 0) is 14.3 Å².